The van der Waals surface area contributed by atoms with Crippen LogP contribution in [0.5, 0.6) is 5.75 Å². The molecule has 0 spiro atoms. The summed E-state index contributed by atoms with van der Waals surface area (Å²) in [7, 11) is 0. The van der Waals surface area contributed by atoms with Crippen LogP contribution in [0.1, 0.15) is 45.1 Å². The fraction of sp³-hybridized carbons (Fsp3) is 0.381. The molecule has 1 fully saturated rings. The second-order valence-corrected chi connectivity index (χ2v) is 7.90. The molecule has 1 N–H and O–H groups in total. The van der Waals surface area contributed by atoms with E-state index in [1.165, 1.54) is 0 Å². The number of anilines is 1. The highest BCUT2D eigenvalue weighted by atomic mass is 35.5. The molecule has 1 aliphatic rings. The summed E-state index contributed by atoms with van der Waals surface area (Å²) >= 11 is 12.5. The van der Waals surface area contributed by atoms with Crippen molar-refractivity contribution in [2.45, 2.75) is 51.0 Å². The number of carbonyl (C=O) groups is 1. The van der Waals surface area contributed by atoms with Crippen LogP contribution in [0, 0.1) is 0 Å². The number of nitrogens with one attached hydrogen (secondary N) is 1. The summed E-state index contributed by atoms with van der Waals surface area (Å²) < 4.78 is 5.65. The van der Waals surface area contributed by atoms with Crippen LogP contribution in [-0.4, -0.2) is 12.0 Å². The Kier molecular flexibility index (Phi) is 5.79. The number of ether oxygens (including phenoxy) is 1. The van der Waals surface area contributed by atoms with Gasteiger partial charge in [-0.05, 0) is 68.7 Å². The molecule has 0 heterocycles. The third-order valence-corrected chi connectivity index (χ3v) is 5.37. The molecule has 3 nitrogen and oxygen atoms in total. The van der Waals surface area contributed by atoms with Gasteiger partial charge in [0.1, 0.15) is 5.75 Å². The van der Waals surface area contributed by atoms with E-state index in [-0.39, 0.29) is 12.0 Å². The Hall–Kier alpha value is -1.71. The third kappa shape index (κ3) is 3.99. The van der Waals surface area contributed by atoms with Crippen molar-refractivity contribution >= 4 is 34.8 Å². The normalized spacial score (nSPS) is 15.9. The summed E-state index contributed by atoms with van der Waals surface area (Å²) in [5.41, 5.74) is 1.01. The molecule has 0 saturated heterocycles. The van der Waals surface area contributed by atoms with Gasteiger partial charge in [0.15, 0.2) is 0 Å². The minimum absolute atomic E-state index is 0.0169. The van der Waals surface area contributed by atoms with Crippen molar-refractivity contribution in [3.63, 3.8) is 0 Å². The van der Waals surface area contributed by atoms with Gasteiger partial charge in [-0.25, -0.2) is 0 Å². The maximum Gasteiger partial charge on any atom is 0.235 e. The molecule has 0 bridgehead atoms. The first kappa shape index (κ1) is 19.1. The van der Waals surface area contributed by atoms with E-state index in [1.54, 1.807) is 12.1 Å². The zero-order chi connectivity index (χ0) is 18.7. The van der Waals surface area contributed by atoms with Gasteiger partial charge in [-0.15, -0.1) is 0 Å². The largest absolute Gasteiger partial charge is 0.491 e. The van der Waals surface area contributed by atoms with Crippen LogP contribution in [-0.2, 0) is 10.2 Å². The van der Waals surface area contributed by atoms with E-state index in [9.17, 15) is 4.79 Å². The SMILES string of the molecule is CC(C)Oc1ccc(NC(=O)C2(c3ccc(Cl)cc3Cl)CCCC2)cc1. The molecule has 0 radical (unpaired) electrons. The first-order valence-corrected chi connectivity index (χ1v) is 9.70. The average molecular weight is 392 g/mol. The molecular formula is C21H23Cl2NO2. The predicted molar refractivity (Wildman–Crippen MR) is 107 cm³/mol. The van der Waals surface area contributed by atoms with Crippen LogP contribution in [0.2, 0.25) is 10.0 Å². The fourth-order valence-corrected chi connectivity index (χ4v) is 4.20. The van der Waals surface area contributed by atoms with E-state index in [4.69, 9.17) is 27.9 Å². The van der Waals surface area contributed by atoms with Crippen LogP contribution in [0.4, 0.5) is 5.69 Å². The molecule has 1 saturated carbocycles. The summed E-state index contributed by atoms with van der Waals surface area (Å²) in [4.78, 5) is 13.2. The number of hydrogen-bond donors (Lipinski definition) is 1. The molecule has 3 rings (SSSR count). The predicted octanol–water partition coefficient (Wildman–Crippen LogP) is 6.23. The molecule has 5 heteroatoms. The summed E-state index contributed by atoms with van der Waals surface area (Å²) in [5, 5.41) is 4.19. The van der Waals surface area contributed by atoms with Gasteiger partial charge in [-0.2, -0.15) is 0 Å². The van der Waals surface area contributed by atoms with Gasteiger partial charge in [0, 0.05) is 15.7 Å². The fourth-order valence-electron chi connectivity index (χ4n) is 3.61. The van der Waals surface area contributed by atoms with Crippen LogP contribution in [0.25, 0.3) is 0 Å². The molecule has 0 aliphatic heterocycles. The Balaban J connectivity index is 1.83. The summed E-state index contributed by atoms with van der Waals surface area (Å²) in [6.07, 6.45) is 3.70. The van der Waals surface area contributed by atoms with Crippen molar-refractivity contribution in [1.82, 2.24) is 0 Å². The minimum Gasteiger partial charge on any atom is -0.491 e. The smallest absolute Gasteiger partial charge is 0.235 e. The molecular weight excluding hydrogens is 369 g/mol. The number of benzene rings is 2. The van der Waals surface area contributed by atoms with Crippen molar-refractivity contribution in [3.05, 3.63) is 58.1 Å². The molecule has 138 valence electrons. The lowest BCUT2D eigenvalue weighted by atomic mass is 9.78. The second-order valence-electron chi connectivity index (χ2n) is 7.06. The number of carbonyl (C=O) groups excluding carboxylic acids is 1. The van der Waals surface area contributed by atoms with Crippen molar-refractivity contribution in [3.8, 4) is 5.75 Å². The van der Waals surface area contributed by atoms with E-state index in [0.717, 1.165) is 42.7 Å². The van der Waals surface area contributed by atoms with E-state index in [0.29, 0.717) is 10.0 Å². The lowest BCUT2D eigenvalue weighted by molar-refractivity contribution is -0.121. The van der Waals surface area contributed by atoms with Crippen LogP contribution in [0.3, 0.4) is 0 Å². The van der Waals surface area contributed by atoms with E-state index >= 15 is 0 Å². The maximum absolute atomic E-state index is 13.2. The number of hydrogen-bond acceptors (Lipinski definition) is 2. The molecule has 1 aliphatic carbocycles. The van der Waals surface area contributed by atoms with Crippen LogP contribution >= 0.6 is 23.2 Å². The van der Waals surface area contributed by atoms with Gasteiger partial charge in [0.05, 0.1) is 11.5 Å². The Bertz CT molecular complexity index is 781. The summed E-state index contributed by atoms with van der Waals surface area (Å²) in [5.74, 6) is 0.770. The Morgan fingerprint density at radius 3 is 2.31 bits per heavy atom. The topological polar surface area (TPSA) is 38.3 Å². The first-order chi connectivity index (χ1) is 12.4. The monoisotopic (exact) mass is 391 g/mol. The average Bonchev–Trinajstić information content (AvgIpc) is 3.07. The van der Waals surface area contributed by atoms with Crippen molar-refractivity contribution in [1.29, 1.82) is 0 Å². The lowest BCUT2D eigenvalue weighted by Gasteiger charge is -2.29. The molecule has 0 aromatic heterocycles. The maximum atomic E-state index is 13.2. The standard InChI is InChI=1S/C21H23Cl2NO2/c1-14(2)26-17-8-6-16(7-9-17)24-20(25)21(11-3-4-12-21)18-10-5-15(22)13-19(18)23/h5-10,13-14H,3-4,11-12H2,1-2H3,(H,24,25). The summed E-state index contributed by atoms with van der Waals surface area (Å²) in [6, 6.07) is 12.9. The molecule has 2 aromatic carbocycles. The van der Waals surface area contributed by atoms with E-state index in [1.807, 2.05) is 44.2 Å². The van der Waals surface area contributed by atoms with Crippen LogP contribution < -0.4 is 10.1 Å². The zero-order valence-corrected chi connectivity index (χ0v) is 16.5. The van der Waals surface area contributed by atoms with E-state index < -0.39 is 5.41 Å². The van der Waals surface area contributed by atoms with Gasteiger partial charge in [0.25, 0.3) is 0 Å². The van der Waals surface area contributed by atoms with E-state index in [2.05, 4.69) is 5.32 Å². The first-order valence-electron chi connectivity index (χ1n) is 8.94. The quantitative estimate of drug-likeness (QED) is 0.655. The summed E-state index contributed by atoms with van der Waals surface area (Å²) in [6.45, 7) is 3.96. The molecule has 1 amide bonds. The van der Waals surface area contributed by atoms with Crippen LogP contribution in [0.15, 0.2) is 42.5 Å². The number of halogens is 2. The number of amides is 1. The van der Waals surface area contributed by atoms with Crippen molar-refractivity contribution in [2.24, 2.45) is 0 Å². The van der Waals surface area contributed by atoms with Gasteiger partial charge in [-0.1, -0.05) is 42.1 Å². The molecule has 0 unspecified atom stereocenters. The highest BCUT2D eigenvalue weighted by Crippen LogP contribution is 2.45. The lowest BCUT2D eigenvalue weighted by Crippen LogP contribution is -2.38. The Labute approximate surface area is 164 Å². The molecule has 0 atom stereocenters. The number of rotatable bonds is 5. The Morgan fingerprint density at radius 2 is 1.73 bits per heavy atom. The second kappa shape index (κ2) is 7.89. The highest BCUT2D eigenvalue weighted by molar-refractivity contribution is 6.35. The zero-order valence-electron chi connectivity index (χ0n) is 15.0. The highest BCUT2D eigenvalue weighted by Gasteiger charge is 2.44. The molecule has 2 aromatic rings. The van der Waals surface area contributed by atoms with Gasteiger partial charge in [0.2, 0.25) is 5.91 Å². The third-order valence-electron chi connectivity index (χ3n) is 4.82. The van der Waals surface area contributed by atoms with Gasteiger partial charge < -0.3 is 10.1 Å². The van der Waals surface area contributed by atoms with Crippen molar-refractivity contribution < 1.29 is 9.53 Å². The minimum atomic E-state index is -0.602. The van der Waals surface area contributed by atoms with Crippen molar-refractivity contribution in [2.75, 3.05) is 5.32 Å². The van der Waals surface area contributed by atoms with Gasteiger partial charge in [-0.3, -0.25) is 4.79 Å². The van der Waals surface area contributed by atoms with Gasteiger partial charge >= 0.3 is 0 Å². The molecule has 26 heavy (non-hydrogen) atoms. The Morgan fingerprint density at radius 1 is 1.08 bits per heavy atom.